The first-order valence-corrected chi connectivity index (χ1v) is 8.05. The first kappa shape index (κ1) is 14.5. The van der Waals surface area contributed by atoms with Crippen molar-refractivity contribution in [3.8, 4) is 17.2 Å². The molecule has 2 aliphatic rings. The van der Waals surface area contributed by atoms with Gasteiger partial charge in [0, 0.05) is 24.1 Å². The third-order valence-corrected chi connectivity index (χ3v) is 4.51. The maximum atomic E-state index is 6.41. The third-order valence-electron chi connectivity index (χ3n) is 4.51. The van der Waals surface area contributed by atoms with Crippen LogP contribution >= 0.6 is 0 Å². The fourth-order valence-corrected chi connectivity index (χ4v) is 3.58. The topological polar surface area (TPSA) is 53.7 Å². The predicted molar refractivity (Wildman–Crippen MR) is 82.2 cm³/mol. The number of fused-ring (bicyclic) bond motifs is 1. The van der Waals surface area contributed by atoms with Crippen LogP contribution in [0.3, 0.4) is 0 Å². The fraction of sp³-hybridized carbons (Fsp3) is 0.647. The minimum Gasteiger partial charge on any atom is -0.490 e. The van der Waals surface area contributed by atoms with Crippen LogP contribution in [0.5, 0.6) is 17.2 Å². The van der Waals surface area contributed by atoms with Crippen molar-refractivity contribution in [1.29, 1.82) is 0 Å². The Morgan fingerprint density at radius 1 is 1.14 bits per heavy atom. The first-order valence-electron chi connectivity index (χ1n) is 8.05. The lowest BCUT2D eigenvalue weighted by Crippen LogP contribution is -2.40. The van der Waals surface area contributed by atoms with Gasteiger partial charge in [0.2, 0.25) is 0 Å². The molecule has 4 nitrogen and oxygen atoms in total. The number of hydrogen-bond acceptors (Lipinski definition) is 4. The number of nitrogens with two attached hydrogens (primary N) is 1. The van der Waals surface area contributed by atoms with Crippen LogP contribution in [-0.2, 0) is 0 Å². The van der Waals surface area contributed by atoms with Gasteiger partial charge < -0.3 is 19.9 Å². The zero-order valence-electron chi connectivity index (χ0n) is 13.0. The number of benzene rings is 1. The SMILES string of the molecule is CCOc1cc2c(cc1OCC)C(N)CC1(CCCC1)O2. The molecule has 3 rings (SSSR count). The molecule has 1 heterocycles. The minimum absolute atomic E-state index is 0.0155. The van der Waals surface area contributed by atoms with E-state index in [1.165, 1.54) is 12.8 Å². The number of hydrogen-bond donors (Lipinski definition) is 1. The van der Waals surface area contributed by atoms with E-state index in [4.69, 9.17) is 19.9 Å². The molecule has 0 bridgehead atoms. The van der Waals surface area contributed by atoms with Gasteiger partial charge in [-0.15, -0.1) is 0 Å². The second kappa shape index (κ2) is 5.76. The summed E-state index contributed by atoms with van der Waals surface area (Å²) in [6.07, 6.45) is 5.59. The van der Waals surface area contributed by atoms with E-state index in [2.05, 4.69) is 0 Å². The van der Waals surface area contributed by atoms with Gasteiger partial charge in [0.25, 0.3) is 0 Å². The second-order valence-corrected chi connectivity index (χ2v) is 6.01. The van der Waals surface area contributed by atoms with E-state index in [0.717, 1.165) is 42.1 Å². The summed E-state index contributed by atoms with van der Waals surface area (Å²) in [6, 6.07) is 3.97. The number of ether oxygens (including phenoxy) is 3. The summed E-state index contributed by atoms with van der Waals surface area (Å²) in [5.41, 5.74) is 7.40. The zero-order chi connectivity index (χ0) is 14.9. The molecule has 4 heteroatoms. The predicted octanol–water partition coefficient (Wildman–Crippen LogP) is 3.58. The summed E-state index contributed by atoms with van der Waals surface area (Å²) in [4.78, 5) is 0. The van der Waals surface area contributed by atoms with Crippen LogP contribution in [0.4, 0.5) is 0 Å². The zero-order valence-corrected chi connectivity index (χ0v) is 13.0. The van der Waals surface area contributed by atoms with Crippen LogP contribution in [0.25, 0.3) is 0 Å². The lowest BCUT2D eigenvalue weighted by Gasteiger charge is -2.39. The highest BCUT2D eigenvalue weighted by Crippen LogP contribution is 2.49. The van der Waals surface area contributed by atoms with Gasteiger partial charge in [-0.05, 0) is 45.6 Å². The Morgan fingerprint density at radius 3 is 2.38 bits per heavy atom. The van der Waals surface area contributed by atoms with Gasteiger partial charge in [-0.25, -0.2) is 0 Å². The van der Waals surface area contributed by atoms with E-state index in [-0.39, 0.29) is 11.6 Å². The van der Waals surface area contributed by atoms with Crippen molar-refractivity contribution in [2.45, 2.75) is 57.6 Å². The molecule has 1 fully saturated rings. The number of rotatable bonds is 4. The van der Waals surface area contributed by atoms with Gasteiger partial charge in [-0.2, -0.15) is 0 Å². The summed E-state index contributed by atoms with van der Waals surface area (Å²) in [5, 5.41) is 0. The quantitative estimate of drug-likeness (QED) is 0.921. The average Bonchev–Trinajstić information content (AvgIpc) is 2.88. The Labute approximate surface area is 126 Å². The Kier molecular flexibility index (Phi) is 3.98. The van der Waals surface area contributed by atoms with E-state index in [1.807, 2.05) is 26.0 Å². The lowest BCUT2D eigenvalue weighted by atomic mass is 9.86. The van der Waals surface area contributed by atoms with E-state index < -0.39 is 0 Å². The van der Waals surface area contributed by atoms with Crippen molar-refractivity contribution < 1.29 is 14.2 Å². The second-order valence-electron chi connectivity index (χ2n) is 6.01. The molecule has 0 saturated heterocycles. The Balaban J connectivity index is 1.97. The molecule has 0 radical (unpaired) electrons. The Hall–Kier alpha value is -1.42. The highest BCUT2D eigenvalue weighted by Gasteiger charge is 2.42. The van der Waals surface area contributed by atoms with Gasteiger partial charge in [0.05, 0.1) is 13.2 Å². The molecule has 21 heavy (non-hydrogen) atoms. The van der Waals surface area contributed by atoms with Gasteiger partial charge in [-0.3, -0.25) is 0 Å². The normalized spacial score (nSPS) is 22.7. The average molecular weight is 291 g/mol. The summed E-state index contributed by atoms with van der Waals surface area (Å²) in [5.74, 6) is 2.39. The minimum atomic E-state index is -0.0525. The van der Waals surface area contributed by atoms with E-state index in [9.17, 15) is 0 Å². The molecule has 1 aliphatic carbocycles. The van der Waals surface area contributed by atoms with Crippen molar-refractivity contribution >= 4 is 0 Å². The van der Waals surface area contributed by atoms with Gasteiger partial charge >= 0.3 is 0 Å². The van der Waals surface area contributed by atoms with Crippen molar-refractivity contribution in [2.24, 2.45) is 5.73 Å². The van der Waals surface area contributed by atoms with Gasteiger partial charge in [0.15, 0.2) is 11.5 Å². The largest absolute Gasteiger partial charge is 0.490 e. The molecule has 1 unspecified atom stereocenters. The van der Waals surface area contributed by atoms with Crippen molar-refractivity contribution in [1.82, 2.24) is 0 Å². The summed E-state index contributed by atoms with van der Waals surface area (Å²) in [7, 11) is 0. The standard InChI is InChI=1S/C17H25NO3/c1-3-19-15-9-12-13(18)11-17(7-5-6-8-17)21-14(12)10-16(15)20-4-2/h9-10,13H,3-8,11,18H2,1-2H3. The fourth-order valence-electron chi connectivity index (χ4n) is 3.58. The van der Waals surface area contributed by atoms with Crippen LogP contribution in [0.2, 0.25) is 0 Å². The molecule has 0 aromatic heterocycles. The Morgan fingerprint density at radius 2 is 1.76 bits per heavy atom. The Bertz CT molecular complexity index is 509. The van der Waals surface area contributed by atoms with Crippen molar-refractivity contribution in [3.63, 3.8) is 0 Å². The van der Waals surface area contributed by atoms with Crippen molar-refractivity contribution in [2.75, 3.05) is 13.2 Å². The van der Waals surface area contributed by atoms with Crippen molar-refractivity contribution in [3.05, 3.63) is 17.7 Å². The summed E-state index contributed by atoms with van der Waals surface area (Å²) >= 11 is 0. The molecule has 1 aliphatic heterocycles. The molecule has 1 spiro atoms. The monoisotopic (exact) mass is 291 g/mol. The van der Waals surface area contributed by atoms with Gasteiger partial charge in [-0.1, -0.05) is 0 Å². The smallest absolute Gasteiger partial charge is 0.164 e. The molecule has 116 valence electrons. The molecule has 2 N–H and O–H groups in total. The molecular formula is C17H25NO3. The molecule has 1 saturated carbocycles. The molecular weight excluding hydrogens is 266 g/mol. The molecule has 1 aromatic rings. The highest BCUT2D eigenvalue weighted by atomic mass is 16.5. The van der Waals surface area contributed by atoms with Gasteiger partial charge in [0.1, 0.15) is 11.4 Å². The molecule has 0 amide bonds. The molecule has 1 atom stereocenters. The lowest BCUT2D eigenvalue weighted by molar-refractivity contribution is 0.0420. The van der Waals surface area contributed by atoms with Crippen LogP contribution in [-0.4, -0.2) is 18.8 Å². The summed E-state index contributed by atoms with van der Waals surface area (Å²) < 4.78 is 17.7. The van der Waals surface area contributed by atoms with E-state index in [0.29, 0.717) is 13.2 Å². The third kappa shape index (κ3) is 2.69. The van der Waals surface area contributed by atoms with E-state index >= 15 is 0 Å². The maximum Gasteiger partial charge on any atom is 0.164 e. The van der Waals surface area contributed by atoms with Crippen LogP contribution in [0.1, 0.15) is 57.6 Å². The van der Waals surface area contributed by atoms with E-state index in [1.54, 1.807) is 0 Å². The van der Waals surface area contributed by atoms with Crippen LogP contribution < -0.4 is 19.9 Å². The maximum absolute atomic E-state index is 6.41. The summed E-state index contributed by atoms with van der Waals surface area (Å²) in [6.45, 7) is 5.16. The van der Waals surface area contributed by atoms with Crippen LogP contribution in [0.15, 0.2) is 12.1 Å². The highest BCUT2D eigenvalue weighted by molar-refractivity contribution is 5.53. The van der Waals surface area contributed by atoms with Crippen LogP contribution in [0, 0.1) is 0 Å². The molecule has 1 aromatic carbocycles. The first-order chi connectivity index (χ1) is 10.2.